The maximum absolute atomic E-state index is 10.8. The van der Waals surface area contributed by atoms with Gasteiger partial charge in [0.2, 0.25) is 0 Å². The van der Waals surface area contributed by atoms with Crippen molar-refractivity contribution in [3.05, 3.63) is 0 Å². The Hall–Kier alpha value is 0.670. The van der Waals surface area contributed by atoms with E-state index in [1.165, 1.54) is 13.8 Å². The zero-order chi connectivity index (χ0) is 9.99. The van der Waals surface area contributed by atoms with Crippen LogP contribution in [0.1, 0.15) is 13.8 Å². The normalized spacial score (nSPS) is 12.5. The van der Waals surface area contributed by atoms with Crippen LogP contribution in [0.3, 0.4) is 0 Å². The molecule has 72 valence electrons. The molecule has 0 aliphatic carbocycles. The van der Waals surface area contributed by atoms with E-state index in [-0.39, 0.29) is 0 Å². The van der Waals surface area contributed by atoms with Gasteiger partial charge in [0.15, 0.2) is 8.53 Å². The zero-order valence-electron chi connectivity index (χ0n) is 6.51. The van der Waals surface area contributed by atoms with Gasteiger partial charge in [-0.2, -0.15) is 0 Å². The molecule has 0 rings (SSSR count). The Morgan fingerprint density at radius 1 is 1.00 bits per heavy atom. The number of carbonyl (C=O) groups excluding carboxylic acids is 1. The first kappa shape index (κ1) is 12.7. The van der Waals surface area contributed by atoms with E-state index >= 15 is 0 Å². The zero-order valence-corrected chi connectivity index (χ0v) is 10.1. The topological polar surface area (TPSA) is 35.5 Å². The molecule has 12 heavy (non-hydrogen) atoms. The van der Waals surface area contributed by atoms with Crippen molar-refractivity contribution in [2.75, 3.05) is 0 Å². The van der Waals surface area contributed by atoms with E-state index in [1.54, 1.807) is 0 Å². The Labute approximate surface area is 93.2 Å². The summed E-state index contributed by atoms with van der Waals surface area (Å²) in [6, 6.07) is 0. The summed E-state index contributed by atoms with van der Waals surface area (Å²) >= 11 is 15.3. The van der Waals surface area contributed by atoms with Crippen LogP contribution in [0, 0.1) is 0 Å². The fraction of sp³-hybridized carbons (Fsp3) is 0.800. The minimum atomic E-state index is -1.16. The first-order valence-corrected chi connectivity index (χ1v) is 4.70. The molecule has 7 heteroatoms. The molecule has 0 aliphatic rings. The lowest BCUT2D eigenvalue weighted by atomic mass is 10.8. The van der Waals surface area contributed by atoms with E-state index in [2.05, 4.69) is 60.0 Å². The van der Waals surface area contributed by atoms with E-state index in [9.17, 15) is 4.79 Å². The average Bonchev–Trinajstić information content (AvgIpc) is 1.49. The van der Waals surface area contributed by atoms with Crippen molar-refractivity contribution in [2.24, 2.45) is 0 Å². The van der Waals surface area contributed by atoms with Crippen LogP contribution < -0.4 is 0 Å². The first-order chi connectivity index (χ1) is 5.10. The van der Waals surface area contributed by atoms with Gasteiger partial charge in [0.25, 0.3) is 0 Å². The lowest BCUT2D eigenvalue weighted by Gasteiger charge is -2.21. The van der Waals surface area contributed by atoms with E-state index in [0.29, 0.717) is 0 Å². The Bertz CT molecular complexity index is 151. The molecule has 0 saturated heterocycles. The second-order valence-electron chi connectivity index (χ2n) is 2.32. The number of hydrogen-bond acceptors (Lipinski definition) is 7. The molecular formula is C5H10O3S4. The van der Waals surface area contributed by atoms with Crippen molar-refractivity contribution in [1.29, 1.82) is 0 Å². The molecule has 0 heterocycles. The van der Waals surface area contributed by atoms with Gasteiger partial charge < -0.3 is 9.47 Å². The smallest absolute Gasteiger partial charge is 0.408 e. The molecular weight excluding hydrogens is 236 g/mol. The van der Waals surface area contributed by atoms with Gasteiger partial charge in [-0.3, -0.25) is 0 Å². The summed E-state index contributed by atoms with van der Waals surface area (Å²) in [6.07, 6.45) is -0.921. The van der Waals surface area contributed by atoms with Crippen molar-refractivity contribution in [2.45, 2.75) is 22.4 Å². The summed E-state index contributed by atoms with van der Waals surface area (Å²) < 4.78 is 6.84. The lowest BCUT2D eigenvalue weighted by molar-refractivity contribution is 0.0341. The minimum Gasteiger partial charge on any atom is -0.408 e. The van der Waals surface area contributed by atoms with E-state index < -0.39 is 14.7 Å². The number of carbonyl (C=O) groups is 1. The molecule has 0 fully saturated rings. The maximum atomic E-state index is 10.8. The van der Waals surface area contributed by atoms with Crippen molar-refractivity contribution in [1.82, 2.24) is 0 Å². The second kappa shape index (κ2) is 4.26. The molecule has 0 saturated carbocycles. The molecule has 0 radical (unpaired) electrons. The highest BCUT2D eigenvalue weighted by atomic mass is 32.2. The monoisotopic (exact) mass is 246 g/mol. The van der Waals surface area contributed by atoms with Crippen LogP contribution >= 0.6 is 50.5 Å². The van der Waals surface area contributed by atoms with Gasteiger partial charge >= 0.3 is 6.16 Å². The number of ether oxygens (including phenoxy) is 2. The fourth-order valence-corrected chi connectivity index (χ4v) is 0.635. The molecule has 0 aliphatic heterocycles. The summed E-state index contributed by atoms with van der Waals surface area (Å²) in [4.78, 5) is 10.8. The van der Waals surface area contributed by atoms with Gasteiger partial charge in [0, 0.05) is 0 Å². The van der Waals surface area contributed by atoms with Gasteiger partial charge in [-0.1, -0.05) is 0 Å². The van der Waals surface area contributed by atoms with Gasteiger partial charge in [-0.05, 0) is 13.8 Å². The molecule has 0 aromatic heterocycles. The van der Waals surface area contributed by atoms with E-state index in [4.69, 9.17) is 0 Å². The highest BCUT2D eigenvalue weighted by molar-refractivity contribution is 8.00. The molecule has 0 amide bonds. The third-order valence-electron chi connectivity index (χ3n) is 0.553. The minimum absolute atomic E-state index is 0.921. The Morgan fingerprint density at radius 3 is 1.42 bits per heavy atom. The van der Waals surface area contributed by atoms with E-state index in [1.807, 2.05) is 0 Å². The highest BCUT2D eigenvalue weighted by Gasteiger charge is 2.25. The van der Waals surface area contributed by atoms with Gasteiger partial charge in [-0.25, -0.2) is 4.79 Å². The van der Waals surface area contributed by atoms with Gasteiger partial charge in [0.1, 0.15) is 0 Å². The quantitative estimate of drug-likeness (QED) is 0.343. The predicted molar refractivity (Wildman–Crippen MR) is 60.3 cm³/mol. The molecule has 0 spiro atoms. The first-order valence-electron chi connectivity index (χ1n) is 2.92. The maximum Gasteiger partial charge on any atom is 0.512 e. The molecule has 0 atom stereocenters. The standard InChI is InChI=1S/C5H10O3S4/c1-4(9,10)7-3(6)8-5(2,11)12/h9-12H,1-2H3. The lowest BCUT2D eigenvalue weighted by Crippen LogP contribution is -2.25. The van der Waals surface area contributed by atoms with Crippen LogP contribution in [-0.2, 0) is 9.47 Å². The summed E-state index contributed by atoms with van der Waals surface area (Å²) in [5.41, 5.74) is 0. The van der Waals surface area contributed by atoms with Gasteiger partial charge in [0.05, 0.1) is 0 Å². The number of hydrogen-bond donors (Lipinski definition) is 4. The van der Waals surface area contributed by atoms with Crippen LogP contribution in [0.15, 0.2) is 0 Å². The SMILES string of the molecule is CC(S)(S)OC(=O)OC(C)(S)S. The van der Waals surface area contributed by atoms with Gasteiger partial charge in [-0.15, -0.1) is 50.5 Å². The molecule has 0 aromatic rings. The van der Waals surface area contributed by atoms with Crippen molar-refractivity contribution < 1.29 is 14.3 Å². The third kappa shape index (κ3) is 8.76. The van der Waals surface area contributed by atoms with Crippen LogP contribution in [0.5, 0.6) is 0 Å². The van der Waals surface area contributed by atoms with Crippen LogP contribution in [-0.4, -0.2) is 14.7 Å². The van der Waals surface area contributed by atoms with Crippen LogP contribution in [0.4, 0.5) is 4.79 Å². The molecule has 0 bridgehead atoms. The molecule has 0 aromatic carbocycles. The Morgan fingerprint density at radius 2 is 1.25 bits per heavy atom. The average molecular weight is 246 g/mol. The Kier molecular flexibility index (Phi) is 4.49. The van der Waals surface area contributed by atoms with Crippen LogP contribution in [0.25, 0.3) is 0 Å². The van der Waals surface area contributed by atoms with Crippen molar-refractivity contribution in [3.63, 3.8) is 0 Å². The Balaban J connectivity index is 3.92. The summed E-state index contributed by atoms with van der Waals surface area (Å²) in [7, 11) is 0. The largest absolute Gasteiger partial charge is 0.512 e. The predicted octanol–water partition coefficient (Wildman–Crippen LogP) is 2.21. The van der Waals surface area contributed by atoms with E-state index in [0.717, 1.165) is 0 Å². The fourth-order valence-electron chi connectivity index (χ4n) is 0.337. The molecule has 0 N–H and O–H groups in total. The summed E-state index contributed by atoms with van der Waals surface area (Å²) in [6.45, 7) is 2.96. The number of rotatable bonds is 2. The highest BCUT2D eigenvalue weighted by Crippen LogP contribution is 2.25. The van der Waals surface area contributed by atoms with Crippen LogP contribution in [0.2, 0.25) is 0 Å². The van der Waals surface area contributed by atoms with Crippen molar-refractivity contribution >= 4 is 56.7 Å². The second-order valence-corrected chi connectivity index (χ2v) is 6.44. The third-order valence-corrected chi connectivity index (χ3v) is 0.919. The summed E-state index contributed by atoms with van der Waals surface area (Å²) in [5, 5.41) is 0. The molecule has 3 nitrogen and oxygen atoms in total. The number of thiol groups is 4. The molecule has 0 unspecified atom stereocenters. The summed E-state index contributed by atoms with van der Waals surface area (Å²) in [5.74, 6) is 0. The van der Waals surface area contributed by atoms with Crippen molar-refractivity contribution in [3.8, 4) is 0 Å².